The molecule has 154 valence electrons. The summed E-state index contributed by atoms with van der Waals surface area (Å²) >= 11 is 0. The van der Waals surface area contributed by atoms with E-state index in [-0.39, 0.29) is 0 Å². The molecule has 0 saturated heterocycles. The van der Waals surface area contributed by atoms with Crippen molar-refractivity contribution in [3.63, 3.8) is 0 Å². The van der Waals surface area contributed by atoms with Crippen LogP contribution in [0.4, 0.5) is 0 Å². The van der Waals surface area contributed by atoms with Crippen LogP contribution in [0.5, 0.6) is 11.6 Å². The first-order valence-corrected chi connectivity index (χ1v) is 10.6. The van der Waals surface area contributed by atoms with Crippen LogP contribution >= 0.6 is 0 Å². The fraction of sp³-hybridized carbons (Fsp3) is 0.296. The molecular formula is C27H26N3O+. The van der Waals surface area contributed by atoms with Crippen LogP contribution in [0.15, 0.2) is 36.4 Å². The maximum absolute atomic E-state index is 7.44. The van der Waals surface area contributed by atoms with E-state index in [2.05, 4.69) is 73.6 Å². The SMILES string of the molecule is [C-]#[N+]C(C)(C)Cc1ccc2c(c1)nc1c([n+]2C)-c2c(C)c(C)cc3cc(C)cc(c23)O1. The van der Waals surface area contributed by atoms with Crippen LogP contribution in [0, 0.1) is 27.3 Å². The summed E-state index contributed by atoms with van der Waals surface area (Å²) in [6.07, 6.45) is 0.690. The van der Waals surface area contributed by atoms with Crippen LogP contribution in [-0.2, 0) is 13.5 Å². The van der Waals surface area contributed by atoms with E-state index in [1.807, 2.05) is 13.8 Å². The largest absolute Gasteiger partial charge is 0.433 e. The van der Waals surface area contributed by atoms with Gasteiger partial charge in [0.05, 0.1) is 12.0 Å². The Morgan fingerprint density at radius 3 is 2.61 bits per heavy atom. The molecular weight excluding hydrogens is 382 g/mol. The zero-order valence-electron chi connectivity index (χ0n) is 18.9. The van der Waals surface area contributed by atoms with Crippen molar-refractivity contribution in [2.24, 2.45) is 7.05 Å². The van der Waals surface area contributed by atoms with Gasteiger partial charge in [0, 0.05) is 25.3 Å². The van der Waals surface area contributed by atoms with Crippen molar-refractivity contribution in [1.29, 1.82) is 0 Å². The molecule has 31 heavy (non-hydrogen) atoms. The monoisotopic (exact) mass is 408 g/mol. The molecule has 0 saturated carbocycles. The molecule has 0 N–H and O–H groups in total. The number of aryl methyl sites for hydroxylation is 3. The molecule has 0 spiro atoms. The summed E-state index contributed by atoms with van der Waals surface area (Å²) in [7, 11) is 2.09. The van der Waals surface area contributed by atoms with Gasteiger partial charge in [-0.3, -0.25) is 0 Å². The lowest BCUT2D eigenvalue weighted by molar-refractivity contribution is -0.634. The molecule has 1 aliphatic heterocycles. The highest BCUT2D eigenvalue weighted by Gasteiger charge is 2.33. The predicted molar refractivity (Wildman–Crippen MR) is 125 cm³/mol. The lowest BCUT2D eigenvalue weighted by Gasteiger charge is -2.22. The maximum Gasteiger partial charge on any atom is 0.294 e. The van der Waals surface area contributed by atoms with Gasteiger partial charge in [0.25, 0.3) is 11.6 Å². The Morgan fingerprint density at radius 2 is 1.87 bits per heavy atom. The molecule has 0 atom stereocenters. The molecule has 0 unspecified atom stereocenters. The number of nitrogens with zero attached hydrogens (tertiary/aromatic N) is 3. The summed E-state index contributed by atoms with van der Waals surface area (Å²) in [5.74, 6) is 1.52. The van der Waals surface area contributed by atoms with Gasteiger partial charge in [-0.2, -0.15) is 4.57 Å². The van der Waals surface area contributed by atoms with Gasteiger partial charge in [-0.25, -0.2) is 11.6 Å². The van der Waals surface area contributed by atoms with E-state index in [0.717, 1.165) is 33.4 Å². The summed E-state index contributed by atoms with van der Waals surface area (Å²) in [6.45, 7) is 17.8. The summed E-state index contributed by atoms with van der Waals surface area (Å²) in [6, 6.07) is 12.9. The van der Waals surface area contributed by atoms with E-state index in [1.54, 1.807) is 0 Å². The van der Waals surface area contributed by atoms with E-state index >= 15 is 0 Å². The highest BCUT2D eigenvalue weighted by Crippen LogP contribution is 2.47. The van der Waals surface area contributed by atoms with Gasteiger partial charge < -0.3 is 9.58 Å². The van der Waals surface area contributed by atoms with Gasteiger partial charge in [-0.1, -0.05) is 18.2 Å². The van der Waals surface area contributed by atoms with E-state index in [1.165, 1.54) is 27.6 Å². The van der Waals surface area contributed by atoms with Crippen molar-refractivity contribution in [3.8, 4) is 22.9 Å². The minimum atomic E-state index is -0.429. The van der Waals surface area contributed by atoms with Crippen molar-refractivity contribution in [2.45, 2.75) is 46.6 Å². The summed E-state index contributed by atoms with van der Waals surface area (Å²) < 4.78 is 8.60. The van der Waals surface area contributed by atoms with Gasteiger partial charge in [-0.15, -0.1) is 0 Å². The van der Waals surface area contributed by atoms with Gasteiger partial charge >= 0.3 is 0 Å². The van der Waals surface area contributed by atoms with Crippen LogP contribution in [0.1, 0.15) is 36.1 Å². The second-order valence-electron chi connectivity index (χ2n) is 9.41. The van der Waals surface area contributed by atoms with Crippen molar-refractivity contribution in [1.82, 2.24) is 4.98 Å². The maximum atomic E-state index is 7.44. The van der Waals surface area contributed by atoms with Crippen molar-refractivity contribution >= 4 is 21.8 Å². The second-order valence-corrected chi connectivity index (χ2v) is 9.41. The van der Waals surface area contributed by atoms with E-state index < -0.39 is 5.54 Å². The zero-order valence-corrected chi connectivity index (χ0v) is 18.9. The fourth-order valence-electron chi connectivity index (χ4n) is 4.73. The van der Waals surface area contributed by atoms with Crippen LogP contribution < -0.4 is 9.30 Å². The molecule has 4 heteroatoms. The number of hydrogen-bond donors (Lipinski definition) is 0. The zero-order chi connectivity index (χ0) is 22.1. The summed E-state index contributed by atoms with van der Waals surface area (Å²) in [5.41, 5.74) is 8.55. The fourth-order valence-corrected chi connectivity index (χ4v) is 4.73. The van der Waals surface area contributed by atoms with Gasteiger partial charge in [0.2, 0.25) is 11.1 Å². The highest BCUT2D eigenvalue weighted by molar-refractivity contribution is 6.05. The third-order valence-corrected chi connectivity index (χ3v) is 6.41. The second kappa shape index (κ2) is 6.52. The van der Waals surface area contributed by atoms with Gasteiger partial charge in [-0.05, 0) is 60.5 Å². The summed E-state index contributed by atoms with van der Waals surface area (Å²) in [5, 5.41) is 2.36. The third-order valence-electron chi connectivity index (χ3n) is 6.41. The van der Waals surface area contributed by atoms with Crippen LogP contribution in [0.2, 0.25) is 0 Å². The topological polar surface area (TPSA) is 30.4 Å². The van der Waals surface area contributed by atoms with Crippen LogP contribution in [0.25, 0.3) is 37.9 Å². The molecule has 4 aromatic rings. The quantitative estimate of drug-likeness (QED) is 0.259. The molecule has 0 amide bonds. The lowest BCUT2D eigenvalue weighted by atomic mass is 9.90. The number of ether oxygens (including phenoxy) is 1. The Bertz CT molecular complexity index is 1460. The molecule has 0 aliphatic carbocycles. The Kier molecular flexibility index (Phi) is 4.10. The molecule has 4 nitrogen and oxygen atoms in total. The van der Waals surface area contributed by atoms with E-state index in [4.69, 9.17) is 16.3 Å². The average Bonchev–Trinajstić information content (AvgIpc) is 2.70. The molecule has 5 rings (SSSR count). The minimum absolute atomic E-state index is 0.429. The van der Waals surface area contributed by atoms with Gasteiger partial charge in [0.15, 0.2) is 0 Å². The summed E-state index contributed by atoms with van der Waals surface area (Å²) in [4.78, 5) is 8.72. The van der Waals surface area contributed by atoms with E-state index in [9.17, 15) is 0 Å². The number of hydrogen-bond acceptors (Lipinski definition) is 2. The van der Waals surface area contributed by atoms with Crippen LogP contribution in [-0.4, -0.2) is 10.5 Å². The molecule has 0 bridgehead atoms. The van der Waals surface area contributed by atoms with Crippen molar-refractivity contribution < 1.29 is 9.30 Å². The molecule has 1 aromatic heterocycles. The van der Waals surface area contributed by atoms with E-state index in [0.29, 0.717) is 12.3 Å². The molecule has 2 heterocycles. The first-order chi connectivity index (χ1) is 14.7. The standard InChI is InChI=1S/C27H26N3O/c1-15-10-19-12-16(2)17(3)23-24(19)22(11-15)31-26-25(23)30(7)21-9-8-18(13-20(21)29-26)14-27(4,5)28-6/h8-13H,14H2,1-5,7H3/q+1. The highest BCUT2D eigenvalue weighted by atomic mass is 16.5. The molecule has 0 fully saturated rings. The van der Waals surface area contributed by atoms with Gasteiger partial charge in [0.1, 0.15) is 18.3 Å². The van der Waals surface area contributed by atoms with Crippen molar-refractivity contribution in [2.75, 3.05) is 0 Å². The third kappa shape index (κ3) is 2.96. The molecule has 0 radical (unpaired) electrons. The molecule has 1 aliphatic rings. The Balaban J connectivity index is 1.80. The Labute approximate surface area is 182 Å². The van der Waals surface area contributed by atoms with Crippen molar-refractivity contribution in [3.05, 3.63) is 70.1 Å². The number of rotatable bonds is 2. The number of benzene rings is 3. The first kappa shape index (κ1) is 19.5. The number of aromatic nitrogens is 2. The lowest BCUT2D eigenvalue weighted by Crippen LogP contribution is -2.34. The molecule has 3 aromatic carbocycles. The van der Waals surface area contributed by atoms with Crippen LogP contribution in [0.3, 0.4) is 0 Å². The Morgan fingerprint density at radius 1 is 1.10 bits per heavy atom. The smallest absolute Gasteiger partial charge is 0.294 e. The minimum Gasteiger partial charge on any atom is -0.433 e. The number of fused-ring (bicyclic) bond motifs is 3. The Hall–Kier alpha value is -3.45. The normalized spacial score (nSPS) is 12.5. The average molecular weight is 409 g/mol. The predicted octanol–water partition coefficient (Wildman–Crippen LogP) is 6.15. The first-order valence-electron chi connectivity index (χ1n) is 10.6.